The van der Waals surface area contributed by atoms with Crippen molar-refractivity contribution >= 4 is 6.09 Å². The van der Waals surface area contributed by atoms with E-state index in [0.717, 1.165) is 12.8 Å². The molecule has 2 unspecified atom stereocenters. The number of benzene rings is 2. The van der Waals surface area contributed by atoms with Crippen LogP contribution in [0.1, 0.15) is 49.1 Å². The van der Waals surface area contributed by atoms with Crippen LogP contribution in [0.4, 0.5) is 4.79 Å². The summed E-state index contributed by atoms with van der Waals surface area (Å²) in [6.07, 6.45) is 3.27. The molecule has 194 valence electrons. The van der Waals surface area contributed by atoms with Crippen molar-refractivity contribution in [2.45, 2.75) is 55.7 Å². The molecule has 2 aliphatic heterocycles. The molecular weight excluding hydrogens is 458 g/mol. The van der Waals surface area contributed by atoms with Gasteiger partial charge in [0.2, 0.25) is 0 Å². The Hall–Kier alpha value is -2.45. The fraction of sp³-hybridized carbons (Fsp3) is 0.552. The van der Waals surface area contributed by atoms with Gasteiger partial charge in [0.15, 0.2) is 0 Å². The van der Waals surface area contributed by atoms with Crippen LogP contribution in [0, 0.1) is 0 Å². The Bertz CT molecular complexity index is 982. The molecule has 5 rings (SSSR count). The van der Waals surface area contributed by atoms with E-state index in [4.69, 9.17) is 18.9 Å². The first-order valence-electron chi connectivity index (χ1n) is 13.1. The number of aliphatic hydroxyl groups is 1. The topological polar surface area (TPSA) is 77.5 Å². The fourth-order valence-electron chi connectivity index (χ4n) is 6.22. The predicted octanol–water partition coefficient (Wildman–Crippen LogP) is 4.36. The number of methoxy groups -OCH3 is 1. The Morgan fingerprint density at radius 3 is 2.06 bits per heavy atom. The molecule has 2 heterocycles. The van der Waals surface area contributed by atoms with E-state index in [1.54, 1.807) is 7.11 Å². The molecule has 2 bridgehead atoms. The van der Waals surface area contributed by atoms with Crippen LogP contribution in [-0.2, 0) is 18.9 Å². The first-order chi connectivity index (χ1) is 17.6. The van der Waals surface area contributed by atoms with Gasteiger partial charge >= 0.3 is 6.09 Å². The molecule has 1 amide bonds. The highest BCUT2D eigenvalue weighted by Gasteiger charge is 2.49. The third kappa shape index (κ3) is 5.30. The van der Waals surface area contributed by atoms with Gasteiger partial charge in [-0.1, -0.05) is 48.5 Å². The van der Waals surface area contributed by atoms with Crippen molar-refractivity contribution < 1.29 is 28.8 Å². The van der Waals surface area contributed by atoms with Crippen LogP contribution in [0.5, 0.6) is 0 Å². The van der Waals surface area contributed by atoms with Crippen molar-refractivity contribution in [2.24, 2.45) is 0 Å². The fourth-order valence-corrected chi connectivity index (χ4v) is 6.22. The zero-order valence-electron chi connectivity index (χ0n) is 21.1. The van der Waals surface area contributed by atoms with E-state index in [1.807, 2.05) is 17.0 Å². The van der Waals surface area contributed by atoms with E-state index >= 15 is 0 Å². The first kappa shape index (κ1) is 25.2. The second-order valence-corrected chi connectivity index (χ2v) is 10.2. The van der Waals surface area contributed by atoms with Gasteiger partial charge < -0.3 is 29.0 Å². The van der Waals surface area contributed by atoms with Gasteiger partial charge in [-0.05, 0) is 54.4 Å². The SMILES string of the molecule is COCCOCCOCCC1(O)CC2CCC(C1)N2C(=O)OCC1c2ccccc2-c2ccccc21. The zero-order chi connectivity index (χ0) is 25.0. The van der Waals surface area contributed by atoms with Gasteiger partial charge in [0.25, 0.3) is 0 Å². The number of ether oxygens (including phenoxy) is 4. The normalized spacial score (nSPS) is 24.6. The van der Waals surface area contributed by atoms with Gasteiger partial charge in [-0.15, -0.1) is 0 Å². The van der Waals surface area contributed by atoms with Crippen molar-refractivity contribution in [3.05, 3.63) is 59.7 Å². The number of hydrogen-bond acceptors (Lipinski definition) is 6. The van der Waals surface area contributed by atoms with Gasteiger partial charge in [0.1, 0.15) is 6.61 Å². The largest absolute Gasteiger partial charge is 0.448 e. The smallest absolute Gasteiger partial charge is 0.410 e. The van der Waals surface area contributed by atoms with Gasteiger partial charge in [-0.25, -0.2) is 4.79 Å². The summed E-state index contributed by atoms with van der Waals surface area (Å²) >= 11 is 0. The maximum absolute atomic E-state index is 13.2. The van der Waals surface area contributed by atoms with Crippen LogP contribution in [0.2, 0.25) is 0 Å². The van der Waals surface area contributed by atoms with Crippen molar-refractivity contribution in [1.82, 2.24) is 4.90 Å². The molecule has 0 radical (unpaired) electrons. The van der Waals surface area contributed by atoms with Gasteiger partial charge in [0.05, 0.1) is 32.0 Å². The minimum Gasteiger partial charge on any atom is -0.448 e. The molecular formula is C29H37NO6. The monoisotopic (exact) mass is 495 g/mol. The summed E-state index contributed by atoms with van der Waals surface area (Å²) in [5.41, 5.74) is 4.07. The van der Waals surface area contributed by atoms with Crippen LogP contribution in [0.15, 0.2) is 48.5 Å². The summed E-state index contributed by atoms with van der Waals surface area (Å²) in [7, 11) is 1.65. The zero-order valence-corrected chi connectivity index (χ0v) is 21.1. The van der Waals surface area contributed by atoms with Crippen LogP contribution < -0.4 is 0 Å². The lowest BCUT2D eigenvalue weighted by Gasteiger charge is -2.43. The average Bonchev–Trinajstić information content (AvgIpc) is 3.36. The third-order valence-electron chi connectivity index (χ3n) is 7.91. The Kier molecular flexibility index (Phi) is 7.91. The molecule has 3 aliphatic rings. The molecule has 0 saturated carbocycles. The molecule has 1 N–H and O–H groups in total. The van der Waals surface area contributed by atoms with E-state index in [0.29, 0.717) is 58.9 Å². The number of carbonyl (C=O) groups is 1. The average molecular weight is 496 g/mol. The molecule has 2 saturated heterocycles. The number of amides is 1. The van der Waals surface area contributed by atoms with Gasteiger partial charge in [0, 0.05) is 31.7 Å². The summed E-state index contributed by atoms with van der Waals surface area (Å²) < 4.78 is 22.0. The first-order valence-corrected chi connectivity index (χ1v) is 13.1. The maximum atomic E-state index is 13.2. The summed E-state index contributed by atoms with van der Waals surface area (Å²) in [6, 6.07) is 16.8. The summed E-state index contributed by atoms with van der Waals surface area (Å²) in [6.45, 7) is 2.95. The molecule has 2 aromatic rings. The number of nitrogens with zero attached hydrogens (tertiary/aromatic N) is 1. The predicted molar refractivity (Wildman–Crippen MR) is 136 cm³/mol. The Morgan fingerprint density at radius 2 is 1.44 bits per heavy atom. The van der Waals surface area contributed by atoms with Crippen molar-refractivity contribution in [3.8, 4) is 11.1 Å². The van der Waals surface area contributed by atoms with Crippen molar-refractivity contribution in [1.29, 1.82) is 0 Å². The van der Waals surface area contributed by atoms with E-state index in [2.05, 4.69) is 36.4 Å². The molecule has 2 aromatic carbocycles. The Labute approximate surface area is 213 Å². The molecule has 0 aromatic heterocycles. The van der Waals surface area contributed by atoms with Crippen LogP contribution in [-0.4, -0.2) is 80.5 Å². The summed E-state index contributed by atoms with van der Waals surface area (Å²) in [5, 5.41) is 11.2. The summed E-state index contributed by atoms with van der Waals surface area (Å²) in [4.78, 5) is 15.1. The highest BCUT2D eigenvalue weighted by atomic mass is 16.6. The highest BCUT2D eigenvalue weighted by Crippen LogP contribution is 2.45. The molecule has 2 fully saturated rings. The van der Waals surface area contributed by atoms with Gasteiger partial charge in [-0.3, -0.25) is 0 Å². The van der Waals surface area contributed by atoms with E-state index in [1.165, 1.54) is 22.3 Å². The number of piperidine rings is 1. The second-order valence-electron chi connectivity index (χ2n) is 10.2. The quantitative estimate of drug-likeness (QED) is 0.467. The van der Waals surface area contributed by atoms with Crippen molar-refractivity contribution in [2.75, 3.05) is 46.8 Å². The van der Waals surface area contributed by atoms with Crippen molar-refractivity contribution in [3.63, 3.8) is 0 Å². The molecule has 36 heavy (non-hydrogen) atoms. The molecule has 1 aliphatic carbocycles. The number of hydrogen-bond donors (Lipinski definition) is 1. The van der Waals surface area contributed by atoms with E-state index < -0.39 is 5.60 Å². The van der Waals surface area contributed by atoms with Crippen LogP contribution in [0.3, 0.4) is 0 Å². The lowest BCUT2D eigenvalue weighted by molar-refractivity contribution is -0.0698. The molecule has 2 atom stereocenters. The minimum atomic E-state index is -0.803. The van der Waals surface area contributed by atoms with Crippen LogP contribution >= 0.6 is 0 Å². The lowest BCUT2D eigenvalue weighted by Crippen LogP contribution is -2.53. The Morgan fingerprint density at radius 1 is 0.889 bits per heavy atom. The maximum Gasteiger partial charge on any atom is 0.410 e. The lowest BCUT2D eigenvalue weighted by atomic mass is 9.84. The minimum absolute atomic E-state index is 0.0155. The molecule has 0 spiro atoms. The molecule has 7 heteroatoms. The highest BCUT2D eigenvalue weighted by molar-refractivity contribution is 5.79. The van der Waals surface area contributed by atoms with E-state index in [9.17, 15) is 9.90 Å². The third-order valence-corrected chi connectivity index (χ3v) is 7.91. The molecule has 7 nitrogen and oxygen atoms in total. The number of rotatable bonds is 11. The standard InChI is InChI=1S/C29H37NO6/c1-33-14-15-35-17-16-34-13-12-29(32)18-21-10-11-22(19-29)30(21)28(31)36-20-27-25-8-4-2-6-23(25)24-7-3-5-9-26(24)27/h2-9,21-22,27,32H,10-20H2,1H3. The number of fused-ring (bicyclic) bond motifs is 5. The summed E-state index contributed by atoms with van der Waals surface area (Å²) in [5.74, 6) is 0.0522. The van der Waals surface area contributed by atoms with Gasteiger partial charge in [-0.2, -0.15) is 0 Å². The van der Waals surface area contributed by atoms with Crippen LogP contribution in [0.25, 0.3) is 11.1 Å². The number of carbonyl (C=O) groups excluding carboxylic acids is 1. The van der Waals surface area contributed by atoms with E-state index in [-0.39, 0.29) is 24.1 Å². The Balaban J connectivity index is 1.12. The second kappa shape index (κ2) is 11.3.